The second-order valence-electron chi connectivity index (χ2n) is 4.58. The van der Waals surface area contributed by atoms with E-state index in [1.54, 1.807) is 0 Å². The van der Waals surface area contributed by atoms with Gasteiger partial charge in [0.05, 0.1) is 5.52 Å². The van der Waals surface area contributed by atoms with Gasteiger partial charge < -0.3 is 5.32 Å². The third-order valence-corrected chi connectivity index (χ3v) is 3.36. The summed E-state index contributed by atoms with van der Waals surface area (Å²) in [5.41, 5.74) is 4.78. The fraction of sp³-hybridized carbons (Fsp3) is 0.118. The Kier molecular flexibility index (Phi) is 3.15. The molecule has 0 fully saturated rings. The molecule has 0 saturated carbocycles. The monoisotopic (exact) mass is 248 g/mol. The molecule has 2 aromatic carbocycles. The van der Waals surface area contributed by atoms with Crippen LogP contribution in [-0.2, 0) is 6.42 Å². The summed E-state index contributed by atoms with van der Waals surface area (Å²) in [5.74, 6) is 0. The largest absolute Gasteiger partial charge is 0.388 e. The number of aromatic nitrogens is 1. The second kappa shape index (κ2) is 5.11. The van der Waals surface area contributed by atoms with Crippen molar-refractivity contribution in [3.05, 3.63) is 71.9 Å². The number of benzene rings is 2. The van der Waals surface area contributed by atoms with Gasteiger partial charge in [0, 0.05) is 24.3 Å². The quantitative estimate of drug-likeness (QED) is 0.761. The summed E-state index contributed by atoms with van der Waals surface area (Å²) in [4.78, 5) is 4.55. The van der Waals surface area contributed by atoms with Gasteiger partial charge >= 0.3 is 0 Å². The molecule has 0 spiro atoms. The van der Waals surface area contributed by atoms with Gasteiger partial charge in [0.15, 0.2) is 0 Å². The summed E-state index contributed by atoms with van der Waals surface area (Å²) in [7, 11) is 1.94. The van der Waals surface area contributed by atoms with Crippen molar-refractivity contribution in [3.63, 3.8) is 0 Å². The molecule has 0 unspecified atom stereocenters. The van der Waals surface area contributed by atoms with Crippen molar-refractivity contribution in [3.8, 4) is 0 Å². The van der Waals surface area contributed by atoms with Crippen molar-refractivity contribution in [1.29, 1.82) is 0 Å². The van der Waals surface area contributed by atoms with E-state index >= 15 is 0 Å². The molecular formula is C17H16N2. The van der Waals surface area contributed by atoms with Gasteiger partial charge in [-0.1, -0.05) is 48.5 Å². The standard InChI is InChI=1S/C17H16N2/c1-18-16-10-11-19-17-14(8-5-9-15(16)17)12-13-6-3-2-4-7-13/h2-11H,12H2,1H3,(H,18,19). The lowest BCUT2D eigenvalue weighted by molar-refractivity contribution is 1.19. The molecule has 0 aliphatic carbocycles. The predicted molar refractivity (Wildman–Crippen MR) is 80.5 cm³/mol. The van der Waals surface area contributed by atoms with Crippen LogP contribution in [0.25, 0.3) is 10.9 Å². The van der Waals surface area contributed by atoms with E-state index in [0.717, 1.165) is 17.6 Å². The Labute approximate surface area is 113 Å². The van der Waals surface area contributed by atoms with Gasteiger partial charge in [-0.25, -0.2) is 0 Å². The van der Waals surface area contributed by atoms with E-state index in [2.05, 4.69) is 52.8 Å². The smallest absolute Gasteiger partial charge is 0.0758 e. The normalized spacial score (nSPS) is 10.6. The zero-order chi connectivity index (χ0) is 13.1. The lowest BCUT2D eigenvalue weighted by Gasteiger charge is -2.09. The fourth-order valence-electron chi connectivity index (χ4n) is 2.41. The lowest BCUT2D eigenvalue weighted by Crippen LogP contribution is -1.95. The molecule has 0 amide bonds. The molecule has 0 atom stereocenters. The number of para-hydroxylation sites is 1. The average Bonchev–Trinajstić information content (AvgIpc) is 2.48. The van der Waals surface area contributed by atoms with Gasteiger partial charge in [0.2, 0.25) is 0 Å². The van der Waals surface area contributed by atoms with E-state index in [1.165, 1.54) is 16.5 Å². The van der Waals surface area contributed by atoms with Crippen LogP contribution in [-0.4, -0.2) is 12.0 Å². The Morgan fingerprint density at radius 3 is 2.58 bits per heavy atom. The first-order valence-corrected chi connectivity index (χ1v) is 6.47. The number of anilines is 1. The highest BCUT2D eigenvalue weighted by Gasteiger charge is 2.05. The van der Waals surface area contributed by atoms with Crippen molar-refractivity contribution in [2.75, 3.05) is 12.4 Å². The molecule has 2 heteroatoms. The maximum Gasteiger partial charge on any atom is 0.0758 e. The number of fused-ring (bicyclic) bond motifs is 1. The van der Waals surface area contributed by atoms with Gasteiger partial charge in [-0.2, -0.15) is 0 Å². The Hall–Kier alpha value is -2.35. The Morgan fingerprint density at radius 1 is 0.947 bits per heavy atom. The molecule has 2 nitrogen and oxygen atoms in total. The fourth-order valence-corrected chi connectivity index (χ4v) is 2.41. The molecule has 1 N–H and O–H groups in total. The molecular weight excluding hydrogens is 232 g/mol. The maximum absolute atomic E-state index is 4.55. The Balaban J connectivity index is 2.09. The van der Waals surface area contributed by atoms with Crippen LogP contribution >= 0.6 is 0 Å². The highest BCUT2D eigenvalue weighted by Crippen LogP contribution is 2.25. The lowest BCUT2D eigenvalue weighted by atomic mass is 10.0. The molecule has 3 aromatic rings. The molecule has 3 rings (SSSR count). The molecule has 0 aliphatic heterocycles. The van der Waals surface area contributed by atoms with Crippen LogP contribution in [0.4, 0.5) is 5.69 Å². The van der Waals surface area contributed by atoms with Gasteiger partial charge in [-0.3, -0.25) is 4.98 Å². The topological polar surface area (TPSA) is 24.9 Å². The van der Waals surface area contributed by atoms with Crippen molar-refractivity contribution in [2.45, 2.75) is 6.42 Å². The minimum Gasteiger partial charge on any atom is -0.388 e. The van der Waals surface area contributed by atoms with Gasteiger partial charge in [0.25, 0.3) is 0 Å². The van der Waals surface area contributed by atoms with E-state index < -0.39 is 0 Å². The zero-order valence-electron chi connectivity index (χ0n) is 10.9. The summed E-state index contributed by atoms with van der Waals surface area (Å²) in [5, 5.41) is 4.40. The van der Waals surface area contributed by atoms with Crippen molar-refractivity contribution >= 4 is 16.6 Å². The number of hydrogen-bond donors (Lipinski definition) is 1. The second-order valence-corrected chi connectivity index (χ2v) is 4.58. The molecule has 0 aliphatic rings. The van der Waals surface area contributed by atoms with Crippen LogP contribution in [0.15, 0.2) is 60.8 Å². The summed E-state index contributed by atoms with van der Waals surface area (Å²) in [6.45, 7) is 0. The summed E-state index contributed by atoms with van der Waals surface area (Å²) >= 11 is 0. The summed E-state index contributed by atoms with van der Waals surface area (Å²) < 4.78 is 0. The molecule has 0 radical (unpaired) electrons. The van der Waals surface area contributed by atoms with Crippen molar-refractivity contribution in [2.24, 2.45) is 0 Å². The van der Waals surface area contributed by atoms with Crippen molar-refractivity contribution < 1.29 is 0 Å². The van der Waals surface area contributed by atoms with Crippen LogP contribution < -0.4 is 5.32 Å². The van der Waals surface area contributed by atoms with E-state index in [9.17, 15) is 0 Å². The Morgan fingerprint density at radius 2 is 1.79 bits per heavy atom. The van der Waals surface area contributed by atoms with Crippen LogP contribution in [0.3, 0.4) is 0 Å². The number of rotatable bonds is 3. The molecule has 94 valence electrons. The number of nitrogens with one attached hydrogen (secondary N) is 1. The minimum absolute atomic E-state index is 0.915. The van der Waals surface area contributed by atoms with Crippen LogP contribution in [0.2, 0.25) is 0 Å². The van der Waals surface area contributed by atoms with Gasteiger partial charge in [-0.15, -0.1) is 0 Å². The average molecular weight is 248 g/mol. The number of hydrogen-bond acceptors (Lipinski definition) is 2. The number of nitrogens with zero attached hydrogens (tertiary/aromatic N) is 1. The zero-order valence-corrected chi connectivity index (χ0v) is 10.9. The molecule has 0 saturated heterocycles. The van der Waals surface area contributed by atoms with Crippen LogP contribution in [0.5, 0.6) is 0 Å². The number of pyridine rings is 1. The highest BCUT2D eigenvalue weighted by atomic mass is 14.8. The first-order valence-electron chi connectivity index (χ1n) is 6.47. The molecule has 1 aromatic heterocycles. The predicted octanol–water partition coefficient (Wildman–Crippen LogP) is 3.87. The third-order valence-electron chi connectivity index (χ3n) is 3.36. The van der Waals surface area contributed by atoms with E-state index in [1.807, 2.05) is 25.4 Å². The van der Waals surface area contributed by atoms with Crippen molar-refractivity contribution in [1.82, 2.24) is 4.98 Å². The van der Waals surface area contributed by atoms with E-state index in [4.69, 9.17) is 0 Å². The summed E-state index contributed by atoms with van der Waals surface area (Å²) in [6, 6.07) is 18.9. The van der Waals surface area contributed by atoms with E-state index in [-0.39, 0.29) is 0 Å². The van der Waals surface area contributed by atoms with Crippen LogP contribution in [0, 0.1) is 0 Å². The molecule has 0 bridgehead atoms. The van der Waals surface area contributed by atoms with E-state index in [0.29, 0.717) is 0 Å². The molecule has 19 heavy (non-hydrogen) atoms. The third kappa shape index (κ3) is 2.29. The first-order chi connectivity index (χ1) is 9.38. The summed E-state index contributed by atoms with van der Waals surface area (Å²) in [6.07, 6.45) is 2.78. The first kappa shape index (κ1) is 11.7. The molecule has 1 heterocycles. The minimum atomic E-state index is 0.915. The highest BCUT2D eigenvalue weighted by molar-refractivity contribution is 5.93. The van der Waals surface area contributed by atoms with Gasteiger partial charge in [0.1, 0.15) is 0 Å². The van der Waals surface area contributed by atoms with Gasteiger partial charge in [-0.05, 0) is 23.6 Å². The Bertz CT molecular complexity index is 690. The SMILES string of the molecule is CNc1ccnc2c(Cc3ccccc3)cccc12. The van der Waals surface area contributed by atoms with Crippen LogP contribution in [0.1, 0.15) is 11.1 Å². The maximum atomic E-state index is 4.55.